The van der Waals surface area contributed by atoms with E-state index < -0.39 is 0 Å². The summed E-state index contributed by atoms with van der Waals surface area (Å²) in [4.78, 5) is 19.0. The Morgan fingerprint density at radius 3 is 2.62 bits per heavy atom. The maximum atomic E-state index is 11.1. The van der Waals surface area contributed by atoms with Gasteiger partial charge in [0.15, 0.2) is 0 Å². The van der Waals surface area contributed by atoms with E-state index in [0.29, 0.717) is 29.2 Å². The standard InChI is InChI=1S/C14H16N4O3/c1-9-6-16-12(10(2)14(9)18(19)20)8-15-11-4-5-13(21-3)17-7-11/h4-7,15H,8H2,1-3H3. The average Bonchev–Trinajstić information content (AvgIpc) is 2.46. The highest BCUT2D eigenvalue weighted by atomic mass is 16.6. The smallest absolute Gasteiger partial charge is 0.278 e. The van der Waals surface area contributed by atoms with Crippen LogP contribution in [0.4, 0.5) is 11.4 Å². The van der Waals surface area contributed by atoms with Gasteiger partial charge in [0.05, 0.1) is 41.7 Å². The van der Waals surface area contributed by atoms with Crippen LogP contribution in [-0.4, -0.2) is 22.0 Å². The third-order valence-electron chi connectivity index (χ3n) is 3.16. The summed E-state index contributed by atoms with van der Waals surface area (Å²) < 4.78 is 4.98. The van der Waals surface area contributed by atoms with Crippen molar-refractivity contribution in [2.75, 3.05) is 12.4 Å². The van der Waals surface area contributed by atoms with Gasteiger partial charge in [-0.3, -0.25) is 15.1 Å². The van der Waals surface area contributed by atoms with Crippen LogP contribution in [0.5, 0.6) is 5.88 Å². The second kappa shape index (κ2) is 6.17. The van der Waals surface area contributed by atoms with Crippen molar-refractivity contribution in [1.82, 2.24) is 9.97 Å². The summed E-state index contributed by atoms with van der Waals surface area (Å²) >= 11 is 0. The molecule has 7 heteroatoms. The number of hydrogen-bond donors (Lipinski definition) is 1. The molecule has 0 aliphatic carbocycles. The minimum absolute atomic E-state index is 0.120. The molecule has 0 amide bonds. The molecule has 2 aromatic heterocycles. The summed E-state index contributed by atoms with van der Waals surface area (Å²) in [5.41, 5.74) is 2.69. The number of aromatic nitrogens is 2. The van der Waals surface area contributed by atoms with Gasteiger partial charge in [0, 0.05) is 17.8 Å². The SMILES string of the molecule is COc1ccc(NCc2ncc(C)c([N+](=O)[O-])c2C)cn1. The van der Waals surface area contributed by atoms with Crippen molar-refractivity contribution in [3.8, 4) is 5.88 Å². The fraction of sp³-hybridized carbons (Fsp3) is 0.286. The van der Waals surface area contributed by atoms with Crippen LogP contribution in [0.3, 0.4) is 0 Å². The normalized spacial score (nSPS) is 10.2. The monoisotopic (exact) mass is 288 g/mol. The lowest BCUT2D eigenvalue weighted by molar-refractivity contribution is -0.386. The highest BCUT2D eigenvalue weighted by molar-refractivity contribution is 5.49. The van der Waals surface area contributed by atoms with Gasteiger partial charge in [0.1, 0.15) is 0 Å². The molecular formula is C14H16N4O3. The zero-order valence-corrected chi connectivity index (χ0v) is 12.1. The lowest BCUT2D eigenvalue weighted by Gasteiger charge is -2.09. The van der Waals surface area contributed by atoms with Crippen molar-refractivity contribution >= 4 is 11.4 Å². The van der Waals surface area contributed by atoms with E-state index in [-0.39, 0.29) is 10.6 Å². The van der Waals surface area contributed by atoms with Gasteiger partial charge in [0.25, 0.3) is 5.69 Å². The first-order chi connectivity index (χ1) is 10.0. The molecule has 1 N–H and O–H groups in total. The van der Waals surface area contributed by atoms with Crippen molar-refractivity contribution in [1.29, 1.82) is 0 Å². The molecule has 0 aliphatic heterocycles. The molecule has 2 rings (SSSR count). The summed E-state index contributed by atoms with van der Waals surface area (Å²) in [6.45, 7) is 3.78. The summed E-state index contributed by atoms with van der Waals surface area (Å²) in [6.07, 6.45) is 3.16. The van der Waals surface area contributed by atoms with Crippen molar-refractivity contribution in [2.45, 2.75) is 20.4 Å². The average molecular weight is 288 g/mol. The number of pyridine rings is 2. The van der Waals surface area contributed by atoms with Crippen LogP contribution in [0.15, 0.2) is 24.5 Å². The Balaban J connectivity index is 2.16. The molecule has 110 valence electrons. The van der Waals surface area contributed by atoms with E-state index in [1.54, 1.807) is 33.2 Å². The summed E-state index contributed by atoms with van der Waals surface area (Å²) in [7, 11) is 1.55. The molecule has 7 nitrogen and oxygen atoms in total. The number of rotatable bonds is 5. The highest BCUT2D eigenvalue weighted by Crippen LogP contribution is 2.24. The van der Waals surface area contributed by atoms with E-state index >= 15 is 0 Å². The third-order valence-corrected chi connectivity index (χ3v) is 3.16. The number of anilines is 1. The first-order valence-corrected chi connectivity index (χ1v) is 6.36. The van der Waals surface area contributed by atoms with Gasteiger partial charge >= 0.3 is 0 Å². The van der Waals surface area contributed by atoms with Crippen molar-refractivity contribution in [2.24, 2.45) is 0 Å². The predicted octanol–water partition coefficient (Wildman–Crippen LogP) is 2.62. The Bertz CT molecular complexity index is 656. The minimum Gasteiger partial charge on any atom is -0.481 e. The molecule has 0 bridgehead atoms. The van der Waals surface area contributed by atoms with Crippen molar-refractivity contribution < 1.29 is 9.66 Å². The van der Waals surface area contributed by atoms with Gasteiger partial charge in [-0.25, -0.2) is 4.98 Å². The molecule has 2 heterocycles. The maximum Gasteiger partial charge on any atom is 0.278 e. The largest absolute Gasteiger partial charge is 0.481 e. The zero-order valence-electron chi connectivity index (χ0n) is 12.1. The minimum atomic E-state index is -0.370. The first-order valence-electron chi connectivity index (χ1n) is 6.36. The Morgan fingerprint density at radius 1 is 1.29 bits per heavy atom. The molecule has 2 aromatic rings. The molecule has 0 radical (unpaired) electrons. The van der Waals surface area contributed by atoms with E-state index in [1.807, 2.05) is 6.07 Å². The number of methoxy groups -OCH3 is 1. The second-order valence-electron chi connectivity index (χ2n) is 4.56. The van der Waals surface area contributed by atoms with Crippen molar-refractivity contribution in [3.63, 3.8) is 0 Å². The first kappa shape index (κ1) is 14.7. The number of aryl methyl sites for hydroxylation is 1. The van der Waals surface area contributed by atoms with E-state index in [0.717, 1.165) is 5.69 Å². The van der Waals surface area contributed by atoms with Crippen LogP contribution >= 0.6 is 0 Å². The summed E-state index contributed by atoms with van der Waals surface area (Å²) in [5, 5.41) is 14.2. The number of nitrogens with one attached hydrogen (secondary N) is 1. The lowest BCUT2D eigenvalue weighted by Crippen LogP contribution is -2.07. The molecule has 0 fully saturated rings. The van der Waals surface area contributed by atoms with Gasteiger partial charge in [-0.1, -0.05) is 0 Å². The van der Waals surface area contributed by atoms with Gasteiger partial charge in [0.2, 0.25) is 5.88 Å². The second-order valence-corrected chi connectivity index (χ2v) is 4.56. The van der Waals surface area contributed by atoms with E-state index in [9.17, 15) is 10.1 Å². The number of nitrogens with zero attached hydrogens (tertiary/aromatic N) is 3. The van der Waals surface area contributed by atoms with Crippen LogP contribution in [0.25, 0.3) is 0 Å². The topological polar surface area (TPSA) is 90.2 Å². The Hall–Kier alpha value is -2.70. The van der Waals surface area contributed by atoms with Crippen LogP contribution in [0, 0.1) is 24.0 Å². The summed E-state index contributed by atoms with van der Waals surface area (Å²) in [5.74, 6) is 0.529. The van der Waals surface area contributed by atoms with Gasteiger partial charge in [-0.2, -0.15) is 0 Å². The predicted molar refractivity (Wildman–Crippen MR) is 78.5 cm³/mol. The number of hydrogen-bond acceptors (Lipinski definition) is 6. The molecule has 0 unspecified atom stereocenters. The summed E-state index contributed by atoms with van der Waals surface area (Å²) in [6, 6.07) is 3.56. The molecule has 0 spiro atoms. The molecule has 0 saturated carbocycles. The van der Waals surface area contributed by atoms with Crippen LogP contribution in [-0.2, 0) is 6.54 Å². The Kier molecular flexibility index (Phi) is 4.32. The Labute approximate surface area is 122 Å². The molecule has 0 aliphatic rings. The fourth-order valence-corrected chi connectivity index (χ4v) is 2.02. The van der Waals surface area contributed by atoms with Gasteiger partial charge < -0.3 is 10.1 Å². The highest BCUT2D eigenvalue weighted by Gasteiger charge is 2.18. The van der Waals surface area contributed by atoms with Crippen molar-refractivity contribution in [3.05, 3.63) is 51.5 Å². The van der Waals surface area contributed by atoms with E-state index in [2.05, 4.69) is 15.3 Å². The molecule has 0 saturated heterocycles. The molecular weight excluding hydrogens is 272 g/mol. The molecule has 0 atom stereocenters. The Morgan fingerprint density at radius 2 is 2.05 bits per heavy atom. The van der Waals surface area contributed by atoms with E-state index in [4.69, 9.17) is 4.74 Å². The zero-order chi connectivity index (χ0) is 15.4. The quantitative estimate of drug-likeness (QED) is 0.672. The van der Waals surface area contributed by atoms with Crippen LogP contribution < -0.4 is 10.1 Å². The maximum absolute atomic E-state index is 11.1. The lowest BCUT2D eigenvalue weighted by atomic mass is 10.1. The number of nitro groups is 1. The molecule has 21 heavy (non-hydrogen) atoms. The fourth-order valence-electron chi connectivity index (χ4n) is 2.02. The van der Waals surface area contributed by atoms with Crippen LogP contribution in [0.1, 0.15) is 16.8 Å². The van der Waals surface area contributed by atoms with Crippen LogP contribution in [0.2, 0.25) is 0 Å². The van der Waals surface area contributed by atoms with E-state index in [1.165, 1.54) is 6.20 Å². The molecule has 0 aromatic carbocycles. The van der Waals surface area contributed by atoms with Gasteiger partial charge in [-0.05, 0) is 19.9 Å². The third kappa shape index (κ3) is 3.25. The van der Waals surface area contributed by atoms with Gasteiger partial charge in [-0.15, -0.1) is 0 Å². The number of ether oxygens (including phenoxy) is 1.